The topological polar surface area (TPSA) is 63.5 Å². The van der Waals surface area contributed by atoms with Gasteiger partial charge in [-0.25, -0.2) is 0 Å². The number of nitro groups is 1. The van der Waals surface area contributed by atoms with Gasteiger partial charge in [-0.2, -0.15) is 0 Å². The quantitative estimate of drug-likeness (QED) is 0.598. The second kappa shape index (κ2) is 5.95. The first-order valence-corrected chi connectivity index (χ1v) is 7.71. The van der Waals surface area contributed by atoms with Crippen LogP contribution >= 0.6 is 27.3 Å². The van der Waals surface area contributed by atoms with Crippen LogP contribution in [0.3, 0.4) is 0 Å². The average Bonchev–Trinajstić information content (AvgIpc) is 2.79. The summed E-state index contributed by atoms with van der Waals surface area (Å²) >= 11 is 4.52. The highest BCUT2D eigenvalue weighted by molar-refractivity contribution is 9.10. The Hall–Kier alpha value is -1.73. The molecule has 0 bridgehead atoms. The number of nitrogens with zero attached hydrogens (tertiary/aromatic N) is 2. The Balaban J connectivity index is 2.35. The van der Waals surface area contributed by atoms with Crippen molar-refractivity contribution in [2.45, 2.75) is 13.8 Å². The Labute approximate surface area is 134 Å². The lowest BCUT2D eigenvalue weighted by Crippen LogP contribution is -2.26. The highest BCUT2D eigenvalue weighted by Crippen LogP contribution is 2.31. The minimum atomic E-state index is -0.465. The number of aryl methyl sites for hydroxylation is 2. The Morgan fingerprint density at radius 3 is 2.52 bits per heavy atom. The summed E-state index contributed by atoms with van der Waals surface area (Å²) in [5.41, 5.74) is 1.71. The van der Waals surface area contributed by atoms with Crippen molar-refractivity contribution >= 4 is 44.5 Å². The molecule has 1 amide bonds. The third-order valence-electron chi connectivity index (χ3n) is 3.12. The molecule has 0 saturated heterocycles. The number of thiophene rings is 1. The van der Waals surface area contributed by atoms with Crippen molar-refractivity contribution in [3.63, 3.8) is 0 Å². The standard InChI is InChI=1S/C14H13BrN2O3S/c1-8-6-10(15)4-5-11(8)16(3)14(18)13-7-12(17(19)20)9(2)21-13/h4-7H,1-3H3. The molecule has 0 aliphatic carbocycles. The summed E-state index contributed by atoms with van der Waals surface area (Å²) in [5, 5.41) is 10.9. The number of amides is 1. The summed E-state index contributed by atoms with van der Waals surface area (Å²) in [6, 6.07) is 6.95. The van der Waals surface area contributed by atoms with Gasteiger partial charge in [0.15, 0.2) is 0 Å². The number of hydrogen-bond acceptors (Lipinski definition) is 4. The van der Waals surface area contributed by atoms with Crippen molar-refractivity contribution in [1.29, 1.82) is 0 Å². The van der Waals surface area contributed by atoms with Gasteiger partial charge in [0.05, 0.1) is 14.7 Å². The molecule has 1 aromatic carbocycles. The lowest BCUT2D eigenvalue weighted by atomic mass is 10.2. The smallest absolute Gasteiger partial charge is 0.283 e. The molecule has 0 N–H and O–H groups in total. The summed E-state index contributed by atoms with van der Waals surface area (Å²) in [4.78, 5) is 25.3. The van der Waals surface area contributed by atoms with Gasteiger partial charge >= 0.3 is 0 Å². The third-order valence-corrected chi connectivity index (χ3v) is 4.64. The van der Waals surface area contributed by atoms with Crippen LogP contribution in [0.25, 0.3) is 0 Å². The van der Waals surface area contributed by atoms with Crippen LogP contribution in [0.4, 0.5) is 11.4 Å². The molecular formula is C14H13BrN2O3S. The lowest BCUT2D eigenvalue weighted by molar-refractivity contribution is -0.385. The predicted molar refractivity (Wildman–Crippen MR) is 87.3 cm³/mol. The van der Waals surface area contributed by atoms with Gasteiger partial charge in [-0.3, -0.25) is 14.9 Å². The van der Waals surface area contributed by atoms with Crippen LogP contribution in [-0.4, -0.2) is 17.9 Å². The number of rotatable bonds is 3. The fourth-order valence-electron chi connectivity index (χ4n) is 2.03. The van der Waals surface area contributed by atoms with E-state index in [1.54, 1.807) is 14.0 Å². The molecule has 21 heavy (non-hydrogen) atoms. The first-order valence-electron chi connectivity index (χ1n) is 6.10. The lowest BCUT2D eigenvalue weighted by Gasteiger charge is -2.18. The number of anilines is 1. The zero-order valence-electron chi connectivity index (χ0n) is 11.7. The van der Waals surface area contributed by atoms with Gasteiger partial charge in [0.2, 0.25) is 0 Å². The van der Waals surface area contributed by atoms with E-state index in [1.807, 2.05) is 25.1 Å². The second-order valence-corrected chi connectivity index (χ2v) is 6.78. The van der Waals surface area contributed by atoms with Crippen molar-refractivity contribution in [3.05, 3.63) is 54.2 Å². The maximum Gasteiger partial charge on any atom is 0.283 e. The number of hydrogen-bond donors (Lipinski definition) is 0. The summed E-state index contributed by atoms with van der Waals surface area (Å²) in [6.07, 6.45) is 0. The van der Waals surface area contributed by atoms with E-state index in [-0.39, 0.29) is 11.6 Å². The monoisotopic (exact) mass is 368 g/mol. The van der Waals surface area contributed by atoms with Gasteiger partial charge in [-0.05, 0) is 37.6 Å². The molecule has 1 heterocycles. The Bertz CT molecular complexity index is 727. The van der Waals surface area contributed by atoms with Crippen LogP contribution in [-0.2, 0) is 0 Å². The molecule has 110 valence electrons. The van der Waals surface area contributed by atoms with E-state index < -0.39 is 4.92 Å². The molecule has 0 aliphatic heterocycles. The van der Waals surface area contributed by atoms with E-state index >= 15 is 0 Å². The summed E-state index contributed by atoms with van der Waals surface area (Å²) in [6.45, 7) is 3.55. The Morgan fingerprint density at radius 2 is 2.00 bits per heavy atom. The first-order chi connectivity index (χ1) is 9.81. The van der Waals surface area contributed by atoms with Crippen LogP contribution in [0.5, 0.6) is 0 Å². The maximum atomic E-state index is 12.5. The number of carbonyl (C=O) groups is 1. The van der Waals surface area contributed by atoms with Gasteiger partial charge in [-0.15, -0.1) is 11.3 Å². The van der Waals surface area contributed by atoms with Crippen molar-refractivity contribution < 1.29 is 9.72 Å². The third kappa shape index (κ3) is 3.14. The first kappa shape index (κ1) is 15.7. The van der Waals surface area contributed by atoms with E-state index in [0.717, 1.165) is 27.1 Å². The van der Waals surface area contributed by atoms with Crippen molar-refractivity contribution in [3.8, 4) is 0 Å². The van der Waals surface area contributed by atoms with Gasteiger partial charge in [-0.1, -0.05) is 15.9 Å². The zero-order chi connectivity index (χ0) is 15.7. The molecule has 0 radical (unpaired) electrons. The van der Waals surface area contributed by atoms with E-state index in [2.05, 4.69) is 15.9 Å². The van der Waals surface area contributed by atoms with Crippen LogP contribution < -0.4 is 4.90 Å². The fraction of sp³-hybridized carbons (Fsp3) is 0.214. The molecule has 0 spiro atoms. The van der Waals surface area contributed by atoms with E-state index in [0.29, 0.717) is 9.75 Å². The van der Waals surface area contributed by atoms with Gasteiger partial charge in [0.1, 0.15) is 0 Å². The number of halogens is 1. The van der Waals surface area contributed by atoms with E-state index in [9.17, 15) is 14.9 Å². The van der Waals surface area contributed by atoms with Crippen molar-refractivity contribution in [2.24, 2.45) is 0 Å². The Kier molecular flexibility index (Phi) is 4.43. The molecule has 0 atom stereocenters. The summed E-state index contributed by atoms with van der Waals surface area (Å²) < 4.78 is 0.937. The molecule has 2 rings (SSSR count). The van der Waals surface area contributed by atoms with Crippen LogP contribution in [0, 0.1) is 24.0 Å². The Morgan fingerprint density at radius 1 is 1.33 bits per heavy atom. The van der Waals surface area contributed by atoms with Gasteiger partial charge < -0.3 is 4.90 Å². The predicted octanol–water partition coefficient (Wildman–Crippen LogP) is 4.31. The van der Waals surface area contributed by atoms with Crippen LogP contribution in [0.15, 0.2) is 28.7 Å². The molecule has 0 aliphatic rings. The molecule has 7 heteroatoms. The van der Waals surface area contributed by atoms with Crippen molar-refractivity contribution in [2.75, 3.05) is 11.9 Å². The van der Waals surface area contributed by atoms with E-state index in [4.69, 9.17) is 0 Å². The molecule has 0 saturated carbocycles. The van der Waals surface area contributed by atoms with Gasteiger partial charge in [0.25, 0.3) is 11.6 Å². The highest BCUT2D eigenvalue weighted by atomic mass is 79.9. The maximum absolute atomic E-state index is 12.5. The molecule has 0 unspecified atom stereocenters. The van der Waals surface area contributed by atoms with Crippen molar-refractivity contribution in [1.82, 2.24) is 0 Å². The van der Waals surface area contributed by atoms with Crippen LogP contribution in [0.2, 0.25) is 0 Å². The molecular weight excluding hydrogens is 356 g/mol. The molecule has 5 nitrogen and oxygen atoms in total. The zero-order valence-corrected chi connectivity index (χ0v) is 14.1. The minimum Gasteiger partial charge on any atom is -0.310 e. The van der Waals surface area contributed by atoms with E-state index in [1.165, 1.54) is 11.0 Å². The van der Waals surface area contributed by atoms with Crippen LogP contribution in [0.1, 0.15) is 20.1 Å². The summed E-state index contributed by atoms with van der Waals surface area (Å²) in [5.74, 6) is -0.248. The minimum absolute atomic E-state index is 0.00993. The summed E-state index contributed by atoms with van der Waals surface area (Å²) in [7, 11) is 1.67. The SMILES string of the molecule is Cc1cc(Br)ccc1N(C)C(=O)c1cc([N+](=O)[O-])c(C)s1. The average molecular weight is 369 g/mol. The number of benzene rings is 1. The largest absolute Gasteiger partial charge is 0.310 e. The highest BCUT2D eigenvalue weighted by Gasteiger charge is 2.23. The number of carbonyl (C=O) groups excluding carboxylic acids is 1. The second-order valence-electron chi connectivity index (χ2n) is 4.60. The van der Waals surface area contributed by atoms with Gasteiger partial charge in [0, 0.05) is 23.3 Å². The molecule has 0 fully saturated rings. The molecule has 1 aromatic heterocycles. The fourth-order valence-corrected chi connectivity index (χ4v) is 3.47. The molecule has 2 aromatic rings. The normalized spacial score (nSPS) is 10.5.